The molecule has 0 saturated heterocycles. The van der Waals surface area contributed by atoms with Crippen molar-refractivity contribution in [3.05, 3.63) is 35.4 Å². The fourth-order valence-electron chi connectivity index (χ4n) is 2.94. The van der Waals surface area contributed by atoms with Gasteiger partial charge in [0.1, 0.15) is 6.10 Å². The molecule has 0 amide bonds. The Labute approximate surface area is 144 Å². The summed E-state index contributed by atoms with van der Waals surface area (Å²) in [6.07, 6.45) is 1.72. The molecule has 1 saturated carbocycles. The molecule has 0 aliphatic heterocycles. The minimum atomic E-state index is -2.03. The Kier molecular flexibility index (Phi) is 5.65. The van der Waals surface area contributed by atoms with E-state index in [0.717, 1.165) is 6.07 Å². The molecule has 0 spiro atoms. The van der Waals surface area contributed by atoms with Gasteiger partial charge in [0.2, 0.25) is 0 Å². The van der Waals surface area contributed by atoms with Crippen molar-refractivity contribution in [3.63, 3.8) is 0 Å². The SMILES string of the molecule is CC(C)(C)[Si](C)(C)O[C@@H]1CC[C@H](c2cccc(F)c2F)CCC1=O. The fraction of sp³-hybridized carbons (Fsp3) is 0.632. The Morgan fingerprint density at radius 1 is 1.12 bits per heavy atom. The molecule has 0 radical (unpaired) electrons. The molecule has 0 heterocycles. The number of benzene rings is 1. The van der Waals surface area contributed by atoms with E-state index >= 15 is 0 Å². The summed E-state index contributed by atoms with van der Waals surface area (Å²) in [5.74, 6) is -1.63. The van der Waals surface area contributed by atoms with Crippen molar-refractivity contribution >= 4 is 14.1 Å². The van der Waals surface area contributed by atoms with Crippen LogP contribution in [0.25, 0.3) is 0 Å². The molecule has 5 heteroatoms. The predicted molar refractivity (Wildman–Crippen MR) is 94.6 cm³/mol. The predicted octanol–water partition coefficient (Wildman–Crippen LogP) is 5.58. The summed E-state index contributed by atoms with van der Waals surface area (Å²) < 4.78 is 33.8. The van der Waals surface area contributed by atoms with Gasteiger partial charge >= 0.3 is 0 Å². The van der Waals surface area contributed by atoms with Gasteiger partial charge in [0.25, 0.3) is 0 Å². The van der Waals surface area contributed by atoms with Gasteiger partial charge in [0.15, 0.2) is 25.7 Å². The molecule has 0 bridgehead atoms. The number of Topliss-reactive ketones (excluding diaryl/α,β-unsaturated/α-hetero) is 1. The Hall–Kier alpha value is -1.07. The summed E-state index contributed by atoms with van der Waals surface area (Å²) in [4.78, 5) is 12.5. The van der Waals surface area contributed by atoms with E-state index in [2.05, 4.69) is 33.9 Å². The number of hydrogen-bond acceptors (Lipinski definition) is 2. The number of ketones is 1. The van der Waals surface area contributed by atoms with Gasteiger partial charge in [0.05, 0.1) is 0 Å². The Balaban J connectivity index is 2.14. The van der Waals surface area contributed by atoms with Gasteiger partial charge in [-0.25, -0.2) is 8.78 Å². The third-order valence-electron chi connectivity index (χ3n) is 5.54. The molecule has 0 N–H and O–H groups in total. The molecule has 1 aromatic rings. The summed E-state index contributed by atoms with van der Waals surface area (Å²) >= 11 is 0. The normalized spacial score (nSPS) is 23.2. The molecule has 0 unspecified atom stereocenters. The van der Waals surface area contributed by atoms with Gasteiger partial charge < -0.3 is 4.43 Å². The van der Waals surface area contributed by atoms with Crippen molar-refractivity contribution in [2.45, 2.75) is 76.6 Å². The number of rotatable bonds is 3. The molecule has 2 rings (SSSR count). The van der Waals surface area contributed by atoms with Gasteiger partial charge in [-0.1, -0.05) is 32.9 Å². The molecule has 24 heavy (non-hydrogen) atoms. The standard InChI is InChI=1S/C19H28F2O2Si/c1-19(2,3)24(4,5)23-17-12-10-13(9-11-16(17)22)14-7-6-8-15(20)18(14)21/h6-8,13,17H,9-12H2,1-5H3/t13-,17-/m1/s1. The van der Waals surface area contributed by atoms with Crippen LogP contribution in [-0.4, -0.2) is 20.2 Å². The Morgan fingerprint density at radius 3 is 2.42 bits per heavy atom. The minimum Gasteiger partial charge on any atom is -0.407 e. The van der Waals surface area contributed by atoms with Crippen LogP contribution in [0.1, 0.15) is 57.9 Å². The molecular weight excluding hydrogens is 326 g/mol. The summed E-state index contributed by atoms with van der Waals surface area (Å²) in [7, 11) is -2.03. The van der Waals surface area contributed by atoms with E-state index in [1.165, 1.54) is 6.07 Å². The van der Waals surface area contributed by atoms with Crippen LogP contribution in [0.2, 0.25) is 18.1 Å². The van der Waals surface area contributed by atoms with Gasteiger partial charge in [-0.15, -0.1) is 0 Å². The fourth-order valence-corrected chi connectivity index (χ4v) is 4.25. The molecule has 1 aromatic carbocycles. The molecule has 134 valence electrons. The lowest BCUT2D eigenvalue weighted by molar-refractivity contribution is -0.126. The van der Waals surface area contributed by atoms with Crippen molar-refractivity contribution in [2.75, 3.05) is 0 Å². The summed E-state index contributed by atoms with van der Waals surface area (Å²) in [5.41, 5.74) is 0.385. The lowest BCUT2D eigenvalue weighted by Gasteiger charge is -2.38. The first-order valence-corrected chi connectivity index (χ1v) is 11.6. The van der Waals surface area contributed by atoms with E-state index in [0.29, 0.717) is 31.2 Å². The third kappa shape index (κ3) is 4.12. The second-order valence-electron chi connectivity index (χ2n) is 8.29. The van der Waals surface area contributed by atoms with Crippen LogP contribution >= 0.6 is 0 Å². The Morgan fingerprint density at radius 2 is 1.79 bits per heavy atom. The number of halogens is 2. The maximum absolute atomic E-state index is 14.1. The van der Waals surface area contributed by atoms with Crippen LogP contribution < -0.4 is 0 Å². The van der Waals surface area contributed by atoms with Crippen molar-refractivity contribution in [1.82, 2.24) is 0 Å². The lowest BCUT2D eigenvalue weighted by Crippen LogP contribution is -2.45. The summed E-state index contributed by atoms with van der Waals surface area (Å²) in [5, 5.41) is 0.0354. The third-order valence-corrected chi connectivity index (χ3v) is 10.0. The molecule has 0 aromatic heterocycles. The maximum atomic E-state index is 14.1. The quantitative estimate of drug-likeness (QED) is 0.523. The minimum absolute atomic E-state index is 0.0354. The van der Waals surface area contributed by atoms with E-state index in [-0.39, 0.29) is 16.7 Å². The molecule has 1 aliphatic carbocycles. The van der Waals surface area contributed by atoms with Crippen molar-refractivity contribution in [1.29, 1.82) is 0 Å². The van der Waals surface area contributed by atoms with Crippen LogP contribution in [0, 0.1) is 11.6 Å². The highest BCUT2D eigenvalue weighted by Gasteiger charge is 2.41. The highest BCUT2D eigenvalue weighted by molar-refractivity contribution is 6.74. The first-order valence-electron chi connectivity index (χ1n) is 8.67. The molecule has 2 atom stereocenters. The smallest absolute Gasteiger partial charge is 0.193 e. The number of hydrogen-bond donors (Lipinski definition) is 0. The highest BCUT2D eigenvalue weighted by atomic mass is 28.4. The zero-order valence-electron chi connectivity index (χ0n) is 15.3. The van der Waals surface area contributed by atoms with Crippen LogP contribution in [0.5, 0.6) is 0 Å². The van der Waals surface area contributed by atoms with Crippen LogP contribution in [-0.2, 0) is 9.22 Å². The largest absolute Gasteiger partial charge is 0.407 e. The highest BCUT2D eigenvalue weighted by Crippen LogP contribution is 2.40. The number of carbonyl (C=O) groups is 1. The Bertz CT molecular complexity index is 608. The van der Waals surface area contributed by atoms with E-state index in [4.69, 9.17) is 4.43 Å². The second-order valence-corrected chi connectivity index (χ2v) is 13.0. The van der Waals surface area contributed by atoms with E-state index in [1.807, 2.05) is 0 Å². The number of carbonyl (C=O) groups excluding carboxylic acids is 1. The molecule has 1 aliphatic rings. The first-order chi connectivity index (χ1) is 11.0. The van der Waals surface area contributed by atoms with E-state index in [1.54, 1.807) is 6.07 Å². The summed E-state index contributed by atoms with van der Waals surface area (Å²) in [6.45, 7) is 10.7. The maximum Gasteiger partial charge on any atom is 0.193 e. The van der Waals surface area contributed by atoms with Gasteiger partial charge in [0, 0.05) is 6.42 Å². The topological polar surface area (TPSA) is 26.3 Å². The van der Waals surface area contributed by atoms with Gasteiger partial charge in [-0.05, 0) is 54.9 Å². The van der Waals surface area contributed by atoms with Gasteiger partial charge in [-0.3, -0.25) is 4.79 Å². The monoisotopic (exact) mass is 354 g/mol. The van der Waals surface area contributed by atoms with Crippen molar-refractivity contribution in [3.8, 4) is 0 Å². The zero-order valence-corrected chi connectivity index (χ0v) is 16.3. The molecule has 2 nitrogen and oxygen atoms in total. The van der Waals surface area contributed by atoms with E-state index < -0.39 is 26.1 Å². The lowest BCUT2D eigenvalue weighted by atomic mass is 9.91. The zero-order chi connectivity index (χ0) is 18.1. The second kappa shape index (κ2) is 7.04. The van der Waals surface area contributed by atoms with Crippen LogP contribution in [0.15, 0.2) is 18.2 Å². The van der Waals surface area contributed by atoms with Crippen molar-refractivity contribution in [2.24, 2.45) is 0 Å². The van der Waals surface area contributed by atoms with Crippen LogP contribution in [0.3, 0.4) is 0 Å². The molecule has 1 fully saturated rings. The summed E-state index contributed by atoms with van der Waals surface area (Å²) in [6, 6.07) is 4.29. The van der Waals surface area contributed by atoms with Crippen LogP contribution in [0.4, 0.5) is 8.78 Å². The van der Waals surface area contributed by atoms with E-state index in [9.17, 15) is 13.6 Å². The molecular formula is C19H28F2O2Si. The van der Waals surface area contributed by atoms with Crippen molar-refractivity contribution < 1.29 is 18.0 Å². The first kappa shape index (κ1) is 19.3. The average molecular weight is 355 g/mol. The average Bonchev–Trinajstić information content (AvgIpc) is 2.64. The van der Waals surface area contributed by atoms with Gasteiger partial charge in [-0.2, -0.15) is 0 Å².